The molecule has 1 saturated heterocycles. The minimum Gasteiger partial charge on any atom is -0.474 e. The normalized spacial score (nSPS) is 23.8. The smallest absolute Gasteiger partial charge is 0.394 e. The Kier molecular flexibility index (Phi) is 3.22. The summed E-state index contributed by atoms with van der Waals surface area (Å²) in [5.41, 5.74) is 0. The molecule has 1 N–H and O–H groups in total. The van der Waals surface area contributed by atoms with Crippen LogP contribution in [0.2, 0.25) is 0 Å². The standard InChI is InChI=1S/C8H12FNO3/c9-6-3-1-2-4-10(5-6)7(11)8(12)13/h6H,1-5H2,(H,12,13). The van der Waals surface area contributed by atoms with Gasteiger partial charge in [0.05, 0.1) is 6.54 Å². The lowest BCUT2D eigenvalue weighted by atomic mass is 10.2. The van der Waals surface area contributed by atoms with Crippen molar-refractivity contribution in [2.45, 2.75) is 25.4 Å². The molecule has 0 aromatic carbocycles. The number of carboxylic acids is 1. The Labute approximate surface area is 75.3 Å². The highest BCUT2D eigenvalue weighted by molar-refractivity contribution is 6.31. The van der Waals surface area contributed by atoms with Crippen molar-refractivity contribution < 1.29 is 19.1 Å². The van der Waals surface area contributed by atoms with Gasteiger partial charge >= 0.3 is 11.9 Å². The predicted molar refractivity (Wildman–Crippen MR) is 43.0 cm³/mol. The minimum atomic E-state index is -1.51. The summed E-state index contributed by atoms with van der Waals surface area (Å²) in [5, 5.41) is 8.40. The van der Waals surface area contributed by atoms with Crippen LogP contribution in [0, 0.1) is 0 Å². The first-order chi connectivity index (χ1) is 6.11. The molecule has 4 nitrogen and oxygen atoms in total. The molecule has 0 spiro atoms. The number of nitrogens with zero attached hydrogens (tertiary/aromatic N) is 1. The first kappa shape index (κ1) is 9.95. The maximum Gasteiger partial charge on any atom is 0.394 e. The number of halogens is 1. The second kappa shape index (κ2) is 4.20. The molecule has 1 amide bonds. The van der Waals surface area contributed by atoms with Crippen molar-refractivity contribution >= 4 is 11.9 Å². The molecule has 0 saturated carbocycles. The van der Waals surface area contributed by atoms with Crippen LogP contribution in [0.3, 0.4) is 0 Å². The van der Waals surface area contributed by atoms with Crippen LogP contribution in [0.25, 0.3) is 0 Å². The van der Waals surface area contributed by atoms with Crippen molar-refractivity contribution in [3.05, 3.63) is 0 Å². The van der Waals surface area contributed by atoms with E-state index in [1.165, 1.54) is 0 Å². The molecule has 1 atom stereocenters. The number of hydrogen-bond acceptors (Lipinski definition) is 2. The molecule has 74 valence electrons. The zero-order valence-electron chi connectivity index (χ0n) is 7.20. The molecule has 1 aliphatic rings. The van der Waals surface area contributed by atoms with Crippen LogP contribution in [0.15, 0.2) is 0 Å². The van der Waals surface area contributed by atoms with E-state index in [1.54, 1.807) is 0 Å². The quantitative estimate of drug-likeness (QED) is 0.562. The highest BCUT2D eigenvalue weighted by Crippen LogP contribution is 2.13. The minimum absolute atomic E-state index is 0.0782. The van der Waals surface area contributed by atoms with E-state index in [0.717, 1.165) is 4.90 Å². The molecule has 0 radical (unpaired) electrons. The fourth-order valence-corrected chi connectivity index (χ4v) is 1.41. The summed E-state index contributed by atoms with van der Waals surface area (Å²) in [6.45, 7) is 0.274. The van der Waals surface area contributed by atoms with E-state index in [2.05, 4.69) is 0 Å². The van der Waals surface area contributed by atoms with E-state index in [-0.39, 0.29) is 6.54 Å². The number of carboxylic acid groups (broad SMARTS) is 1. The van der Waals surface area contributed by atoms with Gasteiger partial charge in [0.15, 0.2) is 0 Å². The molecule has 1 unspecified atom stereocenters. The van der Waals surface area contributed by atoms with Gasteiger partial charge in [0.1, 0.15) is 6.17 Å². The summed E-state index contributed by atoms with van der Waals surface area (Å²) in [7, 11) is 0. The van der Waals surface area contributed by atoms with Gasteiger partial charge in [-0.05, 0) is 19.3 Å². The Morgan fingerprint density at radius 2 is 2.08 bits per heavy atom. The molecule has 1 heterocycles. The number of carbonyl (C=O) groups excluding carboxylic acids is 1. The van der Waals surface area contributed by atoms with Crippen molar-refractivity contribution in [2.75, 3.05) is 13.1 Å². The molecular formula is C8H12FNO3. The highest BCUT2D eigenvalue weighted by Gasteiger charge is 2.25. The van der Waals surface area contributed by atoms with Gasteiger partial charge < -0.3 is 10.0 Å². The third kappa shape index (κ3) is 2.68. The third-order valence-electron chi connectivity index (χ3n) is 2.08. The maximum atomic E-state index is 12.9. The Balaban J connectivity index is 2.57. The Bertz CT molecular complexity index is 219. The van der Waals surface area contributed by atoms with Gasteiger partial charge in [0, 0.05) is 6.54 Å². The summed E-state index contributed by atoms with van der Waals surface area (Å²) in [6.07, 6.45) is 0.735. The second-order valence-corrected chi connectivity index (χ2v) is 3.15. The van der Waals surface area contributed by atoms with Crippen molar-refractivity contribution in [3.8, 4) is 0 Å². The lowest BCUT2D eigenvalue weighted by Crippen LogP contribution is -2.39. The maximum absolute atomic E-state index is 12.9. The Morgan fingerprint density at radius 1 is 1.38 bits per heavy atom. The van der Waals surface area contributed by atoms with Gasteiger partial charge in [-0.2, -0.15) is 0 Å². The highest BCUT2D eigenvalue weighted by atomic mass is 19.1. The zero-order valence-corrected chi connectivity index (χ0v) is 7.20. The van der Waals surface area contributed by atoms with Gasteiger partial charge in [-0.15, -0.1) is 0 Å². The van der Waals surface area contributed by atoms with Gasteiger partial charge in [-0.25, -0.2) is 9.18 Å². The fourth-order valence-electron chi connectivity index (χ4n) is 1.41. The van der Waals surface area contributed by atoms with Gasteiger partial charge in [0.25, 0.3) is 0 Å². The number of carbonyl (C=O) groups is 2. The van der Waals surface area contributed by atoms with Crippen molar-refractivity contribution in [3.63, 3.8) is 0 Å². The van der Waals surface area contributed by atoms with E-state index in [4.69, 9.17) is 5.11 Å². The monoisotopic (exact) mass is 189 g/mol. The first-order valence-electron chi connectivity index (χ1n) is 4.27. The van der Waals surface area contributed by atoms with Gasteiger partial charge in [0.2, 0.25) is 0 Å². The number of aliphatic carboxylic acids is 1. The van der Waals surface area contributed by atoms with Crippen molar-refractivity contribution in [1.29, 1.82) is 0 Å². The van der Waals surface area contributed by atoms with Crippen LogP contribution >= 0.6 is 0 Å². The predicted octanol–water partition coefficient (Wildman–Crippen LogP) is 0.422. The number of alkyl halides is 1. The number of amides is 1. The fraction of sp³-hybridized carbons (Fsp3) is 0.750. The number of hydrogen-bond donors (Lipinski definition) is 1. The van der Waals surface area contributed by atoms with Crippen LogP contribution in [0.1, 0.15) is 19.3 Å². The van der Waals surface area contributed by atoms with Crippen LogP contribution in [-0.4, -0.2) is 41.1 Å². The number of rotatable bonds is 0. The molecule has 0 aromatic heterocycles. The SMILES string of the molecule is O=C(O)C(=O)N1CCCCC(F)C1. The summed E-state index contributed by atoms with van der Waals surface area (Å²) in [4.78, 5) is 22.3. The lowest BCUT2D eigenvalue weighted by molar-refractivity contribution is -0.156. The molecule has 5 heteroatoms. The topological polar surface area (TPSA) is 57.6 Å². The molecule has 13 heavy (non-hydrogen) atoms. The van der Waals surface area contributed by atoms with Crippen molar-refractivity contribution in [1.82, 2.24) is 4.90 Å². The average molecular weight is 189 g/mol. The summed E-state index contributed by atoms with van der Waals surface area (Å²) in [5.74, 6) is -2.50. The first-order valence-corrected chi connectivity index (χ1v) is 4.27. The second-order valence-electron chi connectivity index (χ2n) is 3.15. The van der Waals surface area contributed by atoms with E-state index in [1.807, 2.05) is 0 Å². The molecule has 0 bridgehead atoms. The molecule has 0 aliphatic carbocycles. The van der Waals surface area contributed by atoms with Crippen LogP contribution < -0.4 is 0 Å². The summed E-state index contributed by atoms with van der Waals surface area (Å²) in [6, 6.07) is 0. The molecule has 0 aromatic rings. The van der Waals surface area contributed by atoms with Crippen molar-refractivity contribution in [2.24, 2.45) is 0 Å². The van der Waals surface area contributed by atoms with E-state index < -0.39 is 18.0 Å². The molecule has 1 rings (SSSR count). The van der Waals surface area contributed by atoms with Gasteiger partial charge in [-0.3, -0.25) is 4.79 Å². The molecule has 1 aliphatic heterocycles. The van der Waals surface area contributed by atoms with Crippen LogP contribution in [0.4, 0.5) is 4.39 Å². The Hall–Kier alpha value is -1.13. The molecular weight excluding hydrogens is 177 g/mol. The largest absolute Gasteiger partial charge is 0.474 e. The third-order valence-corrected chi connectivity index (χ3v) is 2.08. The van der Waals surface area contributed by atoms with Crippen LogP contribution in [-0.2, 0) is 9.59 Å². The van der Waals surface area contributed by atoms with E-state index in [0.29, 0.717) is 25.8 Å². The lowest BCUT2D eigenvalue weighted by Gasteiger charge is -2.18. The van der Waals surface area contributed by atoms with E-state index in [9.17, 15) is 14.0 Å². The summed E-state index contributed by atoms with van der Waals surface area (Å²) < 4.78 is 12.9. The summed E-state index contributed by atoms with van der Waals surface area (Å²) >= 11 is 0. The molecule has 1 fully saturated rings. The van der Waals surface area contributed by atoms with E-state index >= 15 is 0 Å². The Morgan fingerprint density at radius 3 is 2.69 bits per heavy atom. The average Bonchev–Trinajstić information content (AvgIpc) is 2.28. The number of likely N-dealkylation sites (tertiary alicyclic amines) is 1. The van der Waals surface area contributed by atoms with Crippen LogP contribution in [0.5, 0.6) is 0 Å². The zero-order chi connectivity index (χ0) is 9.84. The van der Waals surface area contributed by atoms with Gasteiger partial charge in [-0.1, -0.05) is 0 Å².